The fourth-order valence-electron chi connectivity index (χ4n) is 4.58. The third-order valence-corrected chi connectivity index (χ3v) is 6.68. The van der Waals surface area contributed by atoms with Gasteiger partial charge < -0.3 is 24.7 Å². The summed E-state index contributed by atoms with van der Waals surface area (Å²) < 4.78 is 40.3. The van der Waals surface area contributed by atoms with Crippen LogP contribution in [0.15, 0.2) is 77.7 Å². The molecular formula is C31H26F3N5O5. The molecule has 5 rings (SSSR count). The van der Waals surface area contributed by atoms with Crippen LogP contribution in [0.25, 0.3) is 33.2 Å². The van der Waals surface area contributed by atoms with Crippen molar-refractivity contribution in [2.75, 3.05) is 13.7 Å². The molecule has 5 aromatic rings. The van der Waals surface area contributed by atoms with E-state index in [0.717, 1.165) is 22.0 Å². The minimum atomic E-state index is -5.08. The van der Waals surface area contributed by atoms with E-state index in [1.54, 1.807) is 34.9 Å². The number of halogens is 3. The number of hydrogen-bond donors (Lipinski definition) is 2. The summed E-state index contributed by atoms with van der Waals surface area (Å²) in [4.78, 5) is 39.6. The molecule has 2 aromatic heterocycles. The van der Waals surface area contributed by atoms with Gasteiger partial charge in [0, 0.05) is 35.8 Å². The molecule has 44 heavy (non-hydrogen) atoms. The van der Waals surface area contributed by atoms with Gasteiger partial charge >= 0.3 is 18.1 Å². The van der Waals surface area contributed by atoms with Crippen LogP contribution in [0.4, 0.5) is 13.2 Å². The zero-order chi connectivity index (χ0) is 32.0. The molecular weight excluding hydrogens is 579 g/mol. The second-order valence-electron chi connectivity index (χ2n) is 9.55. The number of benzene rings is 3. The number of ether oxygens (including phenoxy) is 1. The van der Waals surface area contributed by atoms with Crippen LogP contribution in [0.2, 0.25) is 0 Å². The quantitative estimate of drug-likeness (QED) is 0.253. The van der Waals surface area contributed by atoms with Gasteiger partial charge in [-0.3, -0.25) is 4.79 Å². The highest BCUT2D eigenvalue weighted by Gasteiger charge is 2.38. The highest BCUT2D eigenvalue weighted by atomic mass is 19.4. The third-order valence-electron chi connectivity index (χ3n) is 6.68. The van der Waals surface area contributed by atoms with Crippen LogP contribution in [0.1, 0.15) is 27.9 Å². The van der Waals surface area contributed by atoms with Crippen molar-refractivity contribution in [3.8, 4) is 17.3 Å². The minimum Gasteiger partial charge on any atom is -0.475 e. The Morgan fingerprint density at radius 3 is 2.36 bits per heavy atom. The molecule has 0 fully saturated rings. The van der Waals surface area contributed by atoms with Crippen molar-refractivity contribution in [1.29, 1.82) is 5.26 Å². The van der Waals surface area contributed by atoms with Gasteiger partial charge in [-0.2, -0.15) is 18.4 Å². The van der Waals surface area contributed by atoms with Crippen LogP contribution in [-0.4, -0.2) is 51.0 Å². The van der Waals surface area contributed by atoms with Gasteiger partial charge in [0.05, 0.1) is 35.3 Å². The number of aryl methyl sites for hydroxylation is 1. The summed E-state index contributed by atoms with van der Waals surface area (Å²) in [6, 6.07) is 22.5. The Bertz CT molecular complexity index is 1940. The minimum absolute atomic E-state index is 0.246. The van der Waals surface area contributed by atoms with Crippen LogP contribution in [0.5, 0.6) is 0 Å². The first-order valence-corrected chi connectivity index (χ1v) is 13.2. The van der Waals surface area contributed by atoms with Crippen molar-refractivity contribution in [1.82, 2.24) is 14.1 Å². The Hall–Kier alpha value is -5.48. The van der Waals surface area contributed by atoms with Crippen molar-refractivity contribution in [3.63, 3.8) is 0 Å². The van der Waals surface area contributed by atoms with Gasteiger partial charge in [-0.1, -0.05) is 30.3 Å². The number of alkyl halides is 3. The van der Waals surface area contributed by atoms with E-state index in [4.69, 9.17) is 30.6 Å². The predicted molar refractivity (Wildman–Crippen MR) is 156 cm³/mol. The van der Waals surface area contributed by atoms with E-state index in [0.29, 0.717) is 53.9 Å². The molecule has 0 saturated heterocycles. The maximum Gasteiger partial charge on any atom is 0.490 e. The summed E-state index contributed by atoms with van der Waals surface area (Å²) in [7, 11) is 1.32. The number of hydrogen-bond acceptors (Lipinski definition) is 7. The molecule has 0 unspecified atom stereocenters. The number of nitrogens with two attached hydrogens (primary N) is 1. The first kappa shape index (κ1) is 31.5. The molecule has 0 aliphatic heterocycles. The topological polar surface area (TPSA) is 153 Å². The number of rotatable bonds is 7. The largest absolute Gasteiger partial charge is 0.490 e. The second kappa shape index (κ2) is 13.2. The third kappa shape index (κ3) is 6.77. The summed E-state index contributed by atoms with van der Waals surface area (Å²) in [5.74, 6) is -3.23. The van der Waals surface area contributed by atoms with E-state index in [9.17, 15) is 22.8 Å². The van der Waals surface area contributed by atoms with Crippen molar-refractivity contribution >= 4 is 33.9 Å². The van der Waals surface area contributed by atoms with E-state index in [1.807, 2.05) is 42.6 Å². The molecule has 0 atom stereocenters. The molecule has 0 radical (unpaired) electrons. The van der Waals surface area contributed by atoms with Crippen LogP contribution < -0.4 is 11.3 Å². The first-order valence-electron chi connectivity index (χ1n) is 13.2. The van der Waals surface area contributed by atoms with Gasteiger partial charge in [-0.15, -0.1) is 0 Å². The molecule has 0 amide bonds. The second-order valence-corrected chi connectivity index (χ2v) is 9.55. The summed E-state index contributed by atoms with van der Waals surface area (Å²) in [5, 5.41) is 17.1. The first-order chi connectivity index (χ1) is 21.0. The zero-order valence-corrected chi connectivity index (χ0v) is 23.3. The number of aromatic nitrogens is 3. The molecule has 10 nitrogen and oxygen atoms in total. The number of aliphatic carboxylic acids is 1. The molecule has 2 heterocycles. The molecule has 0 aliphatic rings. The molecule has 0 saturated carbocycles. The Balaban J connectivity index is 0.000000566. The molecule has 226 valence electrons. The van der Waals surface area contributed by atoms with Crippen LogP contribution in [0.3, 0.4) is 0 Å². The highest BCUT2D eigenvalue weighted by molar-refractivity contribution is 5.97. The molecule has 0 aliphatic carbocycles. The number of carbonyl (C=O) groups is 2. The average Bonchev–Trinajstić information content (AvgIpc) is 3.37. The number of esters is 1. The van der Waals surface area contributed by atoms with E-state index in [1.165, 1.54) is 7.11 Å². The molecule has 0 spiro atoms. The lowest BCUT2D eigenvalue weighted by atomic mass is 10.1. The Morgan fingerprint density at radius 1 is 1.07 bits per heavy atom. The van der Waals surface area contributed by atoms with E-state index >= 15 is 0 Å². The lowest BCUT2D eigenvalue weighted by molar-refractivity contribution is -0.192. The number of para-hydroxylation sites is 1. The lowest BCUT2D eigenvalue weighted by Crippen LogP contribution is -2.25. The fourth-order valence-corrected chi connectivity index (χ4v) is 4.58. The predicted octanol–water partition coefficient (Wildman–Crippen LogP) is 4.71. The van der Waals surface area contributed by atoms with Crippen molar-refractivity contribution in [2.45, 2.75) is 25.7 Å². The summed E-state index contributed by atoms with van der Waals surface area (Å²) >= 11 is 0. The number of carboxylic acids is 1. The SMILES string of the molecule is COC(=O)c1ccc2nc(-c3cn(Cc4ccc(C#N)cc4)c4ccccc34)c(=O)n(CCCN)c2c1.O=C(O)C(F)(F)F. The number of nitrogens with zero attached hydrogens (tertiary/aromatic N) is 4. The number of methoxy groups -OCH3 is 1. The maximum absolute atomic E-state index is 13.8. The van der Waals surface area contributed by atoms with E-state index in [2.05, 4.69) is 10.6 Å². The average molecular weight is 606 g/mol. The van der Waals surface area contributed by atoms with Crippen LogP contribution in [0, 0.1) is 11.3 Å². The maximum atomic E-state index is 13.8. The highest BCUT2D eigenvalue weighted by Crippen LogP contribution is 2.30. The number of carboxylic acid groups (broad SMARTS) is 1. The van der Waals surface area contributed by atoms with Crippen LogP contribution >= 0.6 is 0 Å². The van der Waals surface area contributed by atoms with Gasteiger partial charge in [0.25, 0.3) is 5.56 Å². The number of nitriles is 1. The number of carbonyl (C=O) groups excluding carboxylic acids is 1. The van der Waals surface area contributed by atoms with Gasteiger partial charge in [0.1, 0.15) is 5.69 Å². The van der Waals surface area contributed by atoms with Crippen molar-refractivity contribution < 1.29 is 32.6 Å². The smallest absolute Gasteiger partial charge is 0.475 e. The van der Waals surface area contributed by atoms with Crippen molar-refractivity contribution in [2.24, 2.45) is 5.73 Å². The Kier molecular flexibility index (Phi) is 9.45. The van der Waals surface area contributed by atoms with Gasteiger partial charge in [-0.25, -0.2) is 14.6 Å². The molecule has 3 N–H and O–H groups in total. The summed E-state index contributed by atoms with van der Waals surface area (Å²) in [5.41, 5.74) is 10.7. The lowest BCUT2D eigenvalue weighted by Gasteiger charge is -2.13. The van der Waals surface area contributed by atoms with E-state index < -0.39 is 18.1 Å². The zero-order valence-electron chi connectivity index (χ0n) is 23.3. The monoisotopic (exact) mass is 605 g/mol. The Labute approximate surface area is 248 Å². The summed E-state index contributed by atoms with van der Waals surface area (Å²) in [6.07, 6.45) is -2.53. The Morgan fingerprint density at radius 2 is 1.75 bits per heavy atom. The molecule has 13 heteroatoms. The molecule has 0 bridgehead atoms. The van der Waals surface area contributed by atoms with Gasteiger partial charge in [0.15, 0.2) is 0 Å². The van der Waals surface area contributed by atoms with Crippen molar-refractivity contribution in [3.05, 3.63) is 100.0 Å². The fraction of sp³-hybridized carbons (Fsp3) is 0.194. The van der Waals surface area contributed by atoms with Gasteiger partial charge in [-0.05, 0) is 54.9 Å². The standard InChI is InChI=1S/C29H25N5O3.C2HF3O2/c1-37-29(36)21-11-12-24-26(15-21)34(14-4-13-30)28(35)27(32-24)23-18-33(25-6-3-2-5-22(23)25)17-20-9-7-19(16-31)8-10-20;3-2(4,5)1(6)7/h2-3,5-12,15,18H,4,13-14,17,30H2,1H3;(H,6,7). The normalized spacial score (nSPS) is 11.1. The summed E-state index contributed by atoms with van der Waals surface area (Å²) in [6.45, 7) is 1.39. The number of fused-ring (bicyclic) bond motifs is 2. The van der Waals surface area contributed by atoms with E-state index in [-0.39, 0.29) is 5.56 Å². The van der Waals surface area contributed by atoms with Crippen LogP contribution in [-0.2, 0) is 22.6 Å². The molecule has 3 aromatic carbocycles. The van der Waals surface area contributed by atoms with Gasteiger partial charge in [0.2, 0.25) is 0 Å².